The average Bonchev–Trinajstić information content (AvgIpc) is 2.02. The summed E-state index contributed by atoms with van der Waals surface area (Å²) in [5.74, 6) is 0. The van der Waals surface area contributed by atoms with Gasteiger partial charge in [-0.15, -0.1) is 0 Å². The predicted molar refractivity (Wildman–Crippen MR) is 71.1 cm³/mol. The first-order chi connectivity index (χ1) is 6.64. The van der Waals surface area contributed by atoms with E-state index in [1.807, 2.05) is 0 Å². The normalized spacial score (nSPS) is 14.4. The van der Waals surface area contributed by atoms with E-state index < -0.39 is 19.2 Å². The van der Waals surface area contributed by atoms with Crippen molar-refractivity contribution in [3.05, 3.63) is 0 Å². The summed E-state index contributed by atoms with van der Waals surface area (Å²) >= 11 is -2.63. The Hall–Kier alpha value is 0.679. The van der Waals surface area contributed by atoms with Crippen molar-refractivity contribution in [2.24, 2.45) is 0 Å². The SMILES string of the molecule is CC[C](C)(C)[Sn]([N](C)C)([N](C)C)[N](C)C. The van der Waals surface area contributed by atoms with Gasteiger partial charge < -0.3 is 0 Å². The molecule has 0 N–H and O–H groups in total. The molecule has 0 aliphatic rings. The molecule has 0 spiro atoms. The van der Waals surface area contributed by atoms with E-state index in [2.05, 4.69) is 72.4 Å². The molecule has 0 aromatic rings. The zero-order valence-electron chi connectivity index (χ0n) is 12.0. The van der Waals surface area contributed by atoms with Crippen LogP contribution in [0.4, 0.5) is 0 Å². The van der Waals surface area contributed by atoms with Crippen LogP contribution >= 0.6 is 0 Å². The third-order valence-electron chi connectivity index (χ3n) is 3.66. The maximum absolute atomic E-state index is 2.63. The van der Waals surface area contributed by atoms with Crippen LogP contribution in [0.3, 0.4) is 0 Å². The fraction of sp³-hybridized carbons (Fsp3) is 1.00. The van der Waals surface area contributed by atoms with Gasteiger partial charge in [0, 0.05) is 0 Å². The van der Waals surface area contributed by atoms with Crippen molar-refractivity contribution in [3.8, 4) is 0 Å². The zero-order valence-corrected chi connectivity index (χ0v) is 14.9. The van der Waals surface area contributed by atoms with Crippen LogP contribution in [-0.4, -0.2) is 70.8 Å². The molecular formula is C11H29N3Sn. The van der Waals surface area contributed by atoms with Gasteiger partial charge in [0.1, 0.15) is 0 Å². The minimum absolute atomic E-state index is 0.408. The number of hydrogen-bond donors (Lipinski definition) is 0. The first kappa shape index (κ1) is 15.7. The molecule has 0 aromatic carbocycles. The van der Waals surface area contributed by atoms with E-state index in [4.69, 9.17) is 0 Å². The van der Waals surface area contributed by atoms with E-state index in [1.165, 1.54) is 6.42 Å². The van der Waals surface area contributed by atoms with Gasteiger partial charge in [0.05, 0.1) is 0 Å². The van der Waals surface area contributed by atoms with Gasteiger partial charge in [0.15, 0.2) is 0 Å². The van der Waals surface area contributed by atoms with Crippen LogP contribution in [0.25, 0.3) is 0 Å². The van der Waals surface area contributed by atoms with Gasteiger partial charge >= 0.3 is 101 Å². The first-order valence-electron chi connectivity index (χ1n) is 5.66. The molecule has 3 nitrogen and oxygen atoms in total. The van der Waals surface area contributed by atoms with Crippen LogP contribution in [0.1, 0.15) is 27.2 Å². The van der Waals surface area contributed by atoms with E-state index in [0.29, 0.717) is 3.43 Å². The van der Waals surface area contributed by atoms with Gasteiger partial charge in [-0.2, -0.15) is 0 Å². The molecule has 0 bridgehead atoms. The van der Waals surface area contributed by atoms with Crippen LogP contribution in [0.2, 0.25) is 3.43 Å². The van der Waals surface area contributed by atoms with E-state index in [9.17, 15) is 0 Å². The van der Waals surface area contributed by atoms with Gasteiger partial charge in [-0.05, 0) is 0 Å². The molecule has 15 heavy (non-hydrogen) atoms. The summed E-state index contributed by atoms with van der Waals surface area (Å²) < 4.78 is 7.94. The maximum atomic E-state index is 2.51. The van der Waals surface area contributed by atoms with Crippen molar-refractivity contribution >= 4 is 19.2 Å². The van der Waals surface area contributed by atoms with Crippen molar-refractivity contribution in [1.29, 1.82) is 0 Å². The molecule has 0 saturated heterocycles. The summed E-state index contributed by atoms with van der Waals surface area (Å²) in [6.45, 7) is 7.15. The minimum atomic E-state index is -2.63. The molecule has 0 amide bonds. The van der Waals surface area contributed by atoms with Gasteiger partial charge in [0.25, 0.3) is 0 Å². The molecule has 0 rings (SSSR count). The van der Waals surface area contributed by atoms with E-state index >= 15 is 0 Å². The quantitative estimate of drug-likeness (QED) is 0.715. The summed E-state index contributed by atoms with van der Waals surface area (Å²) in [5, 5.41) is 0. The summed E-state index contributed by atoms with van der Waals surface area (Å²) in [5.41, 5.74) is 0. The second-order valence-electron chi connectivity index (χ2n) is 5.56. The van der Waals surface area contributed by atoms with E-state index in [-0.39, 0.29) is 0 Å². The van der Waals surface area contributed by atoms with Gasteiger partial charge in [-0.25, -0.2) is 0 Å². The third kappa shape index (κ3) is 2.51. The number of nitrogens with zero attached hydrogens (tertiary/aromatic N) is 3. The molecular weight excluding hydrogens is 293 g/mol. The summed E-state index contributed by atoms with van der Waals surface area (Å²) in [6.07, 6.45) is 1.23. The average molecular weight is 322 g/mol. The second kappa shape index (κ2) is 5.34. The Bertz CT molecular complexity index is 178. The Morgan fingerprint density at radius 1 is 0.800 bits per heavy atom. The molecule has 92 valence electrons. The molecule has 0 heterocycles. The summed E-state index contributed by atoms with van der Waals surface area (Å²) in [4.78, 5) is 0. The third-order valence-corrected chi connectivity index (χ3v) is 20.5. The molecule has 0 atom stereocenters. The van der Waals surface area contributed by atoms with Crippen LogP contribution in [-0.2, 0) is 0 Å². The molecule has 0 unspecified atom stereocenters. The Labute approximate surface area is 101 Å². The van der Waals surface area contributed by atoms with Crippen molar-refractivity contribution < 1.29 is 0 Å². The molecule has 4 heteroatoms. The molecule has 0 aromatic heterocycles. The number of rotatable bonds is 5. The van der Waals surface area contributed by atoms with Gasteiger partial charge in [-0.3, -0.25) is 0 Å². The fourth-order valence-electron chi connectivity index (χ4n) is 3.25. The summed E-state index contributed by atoms with van der Waals surface area (Å²) in [7, 11) is 13.5. The molecule has 0 radical (unpaired) electrons. The predicted octanol–water partition coefficient (Wildman–Crippen LogP) is 1.80. The van der Waals surface area contributed by atoms with Crippen LogP contribution in [0, 0.1) is 0 Å². The fourth-order valence-corrected chi connectivity index (χ4v) is 21.8. The van der Waals surface area contributed by atoms with Crippen molar-refractivity contribution in [2.45, 2.75) is 30.6 Å². The van der Waals surface area contributed by atoms with E-state index in [1.54, 1.807) is 0 Å². The Balaban J connectivity index is 5.53. The van der Waals surface area contributed by atoms with Crippen molar-refractivity contribution in [3.63, 3.8) is 0 Å². The molecule has 0 aliphatic heterocycles. The van der Waals surface area contributed by atoms with Crippen molar-refractivity contribution in [1.82, 2.24) is 9.36 Å². The van der Waals surface area contributed by atoms with Gasteiger partial charge in [-0.1, -0.05) is 0 Å². The van der Waals surface area contributed by atoms with Crippen LogP contribution in [0.15, 0.2) is 0 Å². The van der Waals surface area contributed by atoms with E-state index in [0.717, 1.165) is 0 Å². The van der Waals surface area contributed by atoms with Crippen LogP contribution in [0.5, 0.6) is 0 Å². The Morgan fingerprint density at radius 3 is 1.13 bits per heavy atom. The Kier molecular flexibility index (Phi) is 5.58. The van der Waals surface area contributed by atoms with Gasteiger partial charge in [0.2, 0.25) is 0 Å². The van der Waals surface area contributed by atoms with Crippen LogP contribution < -0.4 is 0 Å². The first-order valence-corrected chi connectivity index (χ1v) is 10.9. The zero-order chi connectivity index (χ0) is 12.4. The second-order valence-corrected chi connectivity index (χ2v) is 20.7. The standard InChI is InChI=1S/C5H11.3C2H6N.Sn/c1-4-5(2)3;3*1-3-2;/h4H2,1-3H3;3*1-2H3;/q;3*-1;+3. The number of hydrogen-bond acceptors (Lipinski definition) is 3. The molecule has 0 aliphatic carbocycles. The molecule has 0 fully saturated rings. The molecule has 0 saturated carbocycles. The van der Waals surface area contributed by atoms with Crippen molar-refractivity contribution in [2.75, 3.05) is 42.3 Å². The Morgan fingerprint density at radius 2 is 1.07 bits per heavy atom. The summed E-state index contributed by atoms with van der Waals surface area (Å²) in [6, 6.07) is 0. The monoisotopic (exact) mass is 323 g/mol. The topological polar surface area (TPSA) is 9.72 Å².